The number of hydrogen-bond donors (Lipinski definition) is 1. The second-order valence-corrected chi connectivity index (χ2v) is 15.3. The number of benzene rings is 1. The monoisotopic (exact) mass is 704 g/mol. The van der Waals surface area contributed by atoms with Crippen molar-refractivity contribution < 1.29 is 66.7 Å². The number of ether oxygens (including phenoxy) is 2. The van der Waals surface area contributed by atoms with E-state index in [9.17, 15) is 53.0 Å². The molecule has 1 N–H and O–H groups in total. The lowest BCUT2D eigenvalue weighted by molar-refractivity contribution is -0.382. The molecule has 0 bridgehead atoms. The first-order chi connectivity index (χ1) is 21.5. The molecule has 0 radical (unpaired) electrons. The zero-order valence-corrected chi connectivity index (χ0v) is 26.0. The van der Waals surface area contributed by atoms with Crippen LogP contribution in [0.4, 0.5) is 39.5 Å². The quantitative estimate of drug-likeness (QED) is 0.190. The Morgan fingerprint density at radius 3 is 2.13 bits per heavy atom. The van der Waals surface area contributed by atoms with Crippen LogP contribution < -0.4 is 4.18 Å². The van der Waals surface area contributed by atoms with E-state index in [0.29, 0.717) is 44.5 Å². The molecule has 5 aliphatic rings. The standard InChI is InChI=1S/C31H33F9O6S/c1-25-16-22(17-3-6-19(7-4-17)46-47(42,43)31(39,40)29(34,35)28(32,33)30(36,37)38)24-20-9-12-27(44-13-14-45-27)15-18(20)5-8-21(24)23(25)10-11-26(25,2)41/h3-7,10-11,20-24,41H,8-9,12-16H2,1-2H3/t20-,21-,22+,23-,24+,25-,26-/m0/s1. The topological polar surface area (TPSA) is 82.1 Å². The maximum absolute atomic E-state index is 14.3. The molecule has 1 aromatic carbocycles. The summed E-state index contributed by atoms with van der Waals surface area (Å²) in [6.07, 6.45) is 1.96. The lowest BCUT2D eigenvalue weighted by Gasteiger charge is -2.58. The molecule has 16 heteroatoms. The molecule has 1 aromatic rings. The number of alkyl halides is 9. The molecule has 2 saturated carbocycles. The number of halogens is 9. The predicted octanol–water partition coefficient (Wildman–Crippen LogP) is 7.36. The second-order valence-electron chi connectivity index (χ2n) is 13.7. The maximum Gasteiger partial charge on any atom is 0.460 e. The van der Waals surface area contributed by atoms with E-state index in [0.717, 1.165) is 18.6 Å². The second kappa shape index (κ2) is 10.6. The zero-order valence-electron chi connectivity index (χ0n) is 25.2. The Morgan fingerprint density at radius 1 is 0.915 bits per heavy atom. The van der Waals surface area contributed by atoms with Crippen molar-refractivity contribution in [1.82, 2.24) is 0 Å². The molecule has 1 heterocycles. The molecule has 47 heavy (non-hydrogen) atoms. The van der Waals surface area contributed by atoms with Crippen LogP contribution in [0, 0.1) is 29.1 Å². The lowest BCUT2D eigenvalue weighted by Crippen LogP contribution is -2.63. The third-order valence-electron chi connectivity index (χ3n) is 11.2. The van der Waals surface area contributed by atoms with Crippen molar-refractivity contribution in [3.63, 3.8) is 0 Å². The van der Waals surface area contributed by atoms with Gasteiger partial charge in [0, 0.05) is 18.3 Å². The Labute approximate surface area is 265 Å². The minimum atomic E-state index is -7.40. The van der Waals surface area contributed by atoms with Gasteiger partial charge in [0.15, 0.2) is 5.79 Å². The molecule has 4 aliphatic carbocycles. The molecule has 7 atom stereocenters. The summed E-state index contributed by atoms with van der Waals surface area (Å²) in [5.41, 5.74) is -0.0538. The summed E-state index contributed by atoms with van der Waals surface area (Å²) in [7, 11) is -7.07. The largest absolute Gasteiger partial charge is 0.460 e. The van der Waals surface area contributed by atoms with Crippen LogP contribution in [0.3, 0.4) is 0 Å². The molecule has 1 saturated heterocycles. The fraction of sp³-hybridized carbons (Fsp3) is 0.677. The average molecular weight is 705 g/mol. The zero-order chi connectivity index (χ0) is 34.6. The molecule has 3 fully saturated rings. The van der Waals surface area contributed by atoms with Crippen LogP contribution in [0.5, 0.6) is 5.75 Å². The van der Waals surface area contributed by atoms with E-state index in [1.165, 1.54) is 17.7 Å². The van der Waals surface area contributed by atoms with Crippen LogP contribution in [-0.4, -0.2) is 61.4 Å². The van der Waals surface area contributed by atoms with Gasteiger partial charge < -0.3 is 18.8 Å². The summed E-state index contributed by atoms with van der Waals surface area (Å²) in [5, 5.41) is 4.46. The van der Waals surface area contributed by atoms with Crippen LogP contribution in [0.2, 0.25) is 0 Å². The van der Waals surface area contributed by atoms with Crippen LogP contribution in [-0.2, 0) is 19.6 Å². The Morgan fingerprint density at radius 2 is 1.53 bits per heavy atom. The minimum absolute atomic E-state index is 0.00787. The van der Waals surface area contributed by atoms with E-state index in [1.807, 2.05) is 13.0 Å². The van der Waals surface area contributed by atoms with Gasteiger partial charge in [0.2, 0.25) is 0 Å². The highest BCUT2D eigenvalue weighted by Crippen LogP contribution is 2.66. The van der Waals surface area contributed by atoms with Gasteiger partial charge in [-0.3, -0.25) is 0 Å². The van der Waals surface area contributed by atoms with Gasteiger partial charge in [-0.2, -0.15) is 47.9 Å². The van der Waals surface area contributed by atoms with E-state index in [2.05, 4.69) is 10.3 Å². The van der Waals surface area contributed by atoms with E-state index in [1.54, 1.807) is 13.0 Å². The predicted molar refractivity (Wildman–Crippen MR) is 147 cm³/mol. The number of hydrogen-bond acceptors (Lipinski definition) is 6. The van der Waals surface area contributed by atoms with Crippen LogP contribution in [0.1, 0.15) is 57.4 Å². The molecule has 1 spiro atoms. The highest BCUT2D eigenvalue weighted by Gasteiger charge is 2.86. The summed E-state index contributed by atoms with van der Waals surface area (Å²) in [6.45, 7) is 4.67. The van der Waals surface area contributed by atoms with Crippen LogP contribution in [0.15, 0.2) is 48.1 Å². The summed E-state index contributed by atoms with van der Waals surface area (Å²) in [6, 6.07) is 4.35. The Hall–Kier alpha value is -2.30. The van der Waals surface area contributed by atoms with Crippen molar-refractivity contribution in [2.45, 2.75) is 86.5 Å². The molecule has 1 aliphatic heterocycles. The van der Waals surface area contributed by atoms with E-state index in [-0.39, 0.29) is 29.6 Å². The smallest absolute Gasteiger partial charge is 0.385 e. The van der Waals surface area contributed by atoms with Crippen molar-refractivity contribution >= 4 is 10.1 Å². The molecule has 6 nitrogen and oxygen atoms in total. The van der Waals surface area contributed by atoms with Crippen LogP contribution >= 0.6 is 0 Å². The first kappa shape index (κ1) is 34.6. The highest BCUT2D eigenvalue weighted by molar-refractivity contribution is 7.88. The normalized spacial score (nSPS) is 35.7. The van der Waals surface area contributed by atoms with E-state index >= 15 is 0 Å². The van der Waals surface area contributed by atoms with Crippen molar-refractivity contribution in [2.24, 2.45) is 29.1 Å². The molecular weight excluding hydrogens is 671 g/mol. The fourth-order valence-corrected chi connectivity index (χ4v) is 9.51. The number of aliphatic hydroxyl groups is 1. The molecule has 0 amide bonds. The highest BCUT2D eigenvalue weighted by atomic mass is 32.2. The van der Waals surface area contributed by atoms with Gasteiger partial charge in [-0.05, 0) is 73.5 Å². The van der Waals surface area contributed by atoms with Crippen molar-refractivity contribution in [1.29, 1.82) is 0 Å². The van der Waals surface area contributed by atoms with Gasteiger partial charge >= 0.3 is 33.4 Å². The van der Waals surface area contributed by atoms with E-state index in [4.69, 9.17) is 9.47 Å². The molecule has 262 valence electrons. The first-order valence-electron chi connectivity index (χ1n) is 15.1. The summed E-state index contributed by atoms with van der Waals surface area (Å²) < 4.78 is 161. The van der Waals surface area contributed by atoms with Crippen molar-refractivity contribution in [3.8, 4) is 5.75 Å². The van der Waals surface area contributed by atoms with E-state index < -0.39 is 55.9 Å². The molecule has 0 unspecified atom stereocenters. The van der Waals surface area contributed by atoms with Crippen molar-refractivity contribution in [2.75, 3.05) is 13.2 Å². The summed E-state index contributed by atoms with van der Waals surface area (Å²) >= 11 is 0. The first-order valence-corrected chi connectivity index (χ1v) is 16.5. The summed E-state index contributed by atoms with van der Waals surface area (Å²) in [4.78, 5) is 0. The Balaban J connectivity index is 1.30. The third kappa shape index (κ3) is 4.97. The Kier molecular flexibility index (Phi) is 7.79. The average Bonchev–Trinajstić information content (AvgIpc) is 3.52. The number of allylic oxidation sites excluding steroid dienone is 2. The molecule has 0 aromatic heterocycles. The summed E-state index contributed by atoms with van der Waals surface area (Å²) in [5.74, 6) is -16.6. The SMILES string of the molecule is C[C@]1(O)C=C[C@H]2[C@@H]3CC=C4CC5(CC[C@@H]4[C@H]3[C@@H](c3ccc(OS(=O)(=O)C(F)(F)C(F)(F)C(F)(F)C(F)(F)F)cc3)C[C@@]21C)OCCO5. The van der Waals surface area contributed by atoms with Gasteiger partial charge in [-0.15, -0.1) is 0 Å². The fourth-order valence-electron chi connectivity index (χ4n) is 8.60. The van der Waals surface area contributed by atoms with Crippen molar-refractivity contribution in [3.05, 3.63) is 53.6 Å². The van der Waals surface area contributed by atoms with Crippen LogP contribution in [0.25, 0.3) is 0 Å². The Bertz CT molecular complexity index is 1560. The van der Waals surface area contributed by atoms with Gasteiger partial charge in [0.05, 0.1) is 18.8 Å². The number of rotatable bonds is 6. The third-order valence-corrected chi connectivity index (χ3v) is 12.5. The van der Waals surface area contributed by atoms with Gasteiger partial charge in [-0.1, -0.05) is 42.9 Å². The maximum atomic E-state index is 14.3. The molecular formula is C31H33F9O6S. The van der Waals surface area contributed by atoms with Gasteiger partial charge in [0.1, 0.15) is 5.75 Å². The molecule has 6 rings (SSSR count). The van der Waals surface area contributed by atoms with Gasteiger partial charge in [-0.25, -0.2) is 0 Å². The van der Waals surface area contributed by atoms with Gasteiger partial charge in [0.25, 0.3) is 0 Å². The number of fused-ring (bicyclic) bond motifs is 5. The lowest BCUT2D eigenvalue weighted by atomic mass is 9.47. The minimum Gasteiger partial charge on any atom is -0.385 e.